The molecule has 0 saturated heterocycles. The second-order valence-corrected chi connectivity index (χ2v) is 5.00. The molecular weight excluding hydrogens is 292 g/mol. The molecule has 0 atom stereocenters. The van der Waals surface area contributed by atoms with Crippen LogP contribution in [0.1, 0.15) is 12.5 Å². The first-order valence-electron chi connectivity index (χ1n) is 6.94. The first kappa shape index (κ1) is 18.0. The molecule has 0 N–H and O–H groups in total. The molecule has 0 aromatic heterocycles. The molecule has 1 aromatic carbocycles. The summed E-state index contributed by atoms with van der Waals surface area (Å²) in [5.74, 6) is 1.14. The van der Waals surface area contributed by atoms with Crippen molar-refractivity contribution in [3.8, 4) is 11.5 Å². The molecule has 0 bridgehead atoms. The van der Waals surface area contributed by atoms with Crippen molar-refractivity contribution in [1.29, 1.82) is 0 Å². The van der Waals surface area contributed by atoms with E-state index in [1.807, 2.05) is 38.0 Å². The van der Waals surface area contributed by atoms with E-state index < -0.39 is 6.61 Å². The van der Waals surface area contributed by atoms with Gasteiger partial charge in [-0.1, -0.05) is 6.07 Å². The summed E-state index contributed by atoms with van der Waals surface area (Å²) >= 11 is 0. The zero-order valence-corrected chi connectivity index (χ0v) is 13.6. The minimum Gasteiger partial charge on any atom is -0.490 e. The first-order valence-corrected chi connectivity index (χ1v) is 6.94. The van der Waals surface area contributed by atoms with E-state index in [2.05, 4.69) is 9.73 Å². The Morgan fingerprint density at radius 1 is 1.14 bits per heavy atom. The van der Waals surface area contributed by atoms with Crippen LogP contribution in [0.4, 0.5) is 8.78 Å². The van der Waals surface area contributed by atoms with Crippen molar-refractivity contribution < 1.29 is 18.3 Å². The number of rotatable bonds is 6. The maximum atomic E-state index is 12.4. The quantitative estimate of drug-likeness (QED) is 0.597. The third-order valence-corrected chi connectivity index (χ3v) is 2.73. The lowest BCUT2D eigenvalue weighted by Crippen LogP contribution is -2.35. The van der Waals surface area contributed by atoms with Crippen molar-refractivity contribution in [2.75, 3.05) is 34.8 Å². The van der Waals surface area contributed by atoms with Crippen molar-refractivity contribution in [2.24, 2.45) is 4.99 Å². The van der Waals surface area contributed by atoms with Crippen LogP contribution in [-0.4, -0.2) is 57.2 Å². The van der Waals surface area contributed by atoms with Gasteiger partial charge in [0.25, 0.3) is 0 Å². The fourth-order valence-corrected chi connectivity index (χ4v) is 1.96. The molecule has 0 unspecified atom stereocenters. The summed E-state index contributed by atoms with van der Waals surface area (Å²) < 4.78 is 34.5. The molecule has 0 aliphatic rings. The van der Waals surface area contributed by atoms with E-state index in [4.69, 9.17) is 4.74 Å². The van der Waals surface area contributed by atoms with Crippen LogP contribution in [-0.2, 0) is 6.54 Å². The summed E-state index contributed by atoms with van der Waals surface area (Å²) in [6, 6.07) is 4.85. The van der Waals surface area contributed by atoms with Crippen LogP contribution in [0.15, 0.2) is 23.2 Å². The number of ether oxygens (including phenoxy) is 2. The second-order valence-electron chi connectivity index (χ2n) is 5.00. The van der Waals surface area contributed by atoms with E-state index in [9.17, 15) is 8.78 Å². The fourth-order valence-electron chi connectivity index (χ4n) is 1.96. The Morgan fingerprint density at radius 3 is 2.27 bits per heavy atom. The minimum atomic E-state index is -2.88. The second kappa shape index (κ2) is 8.41. The van der Waals surface area contributed by atoms with Gasteiger partial charge < -0.3 is 19.3 Å². The lowest BCUT2D eigenvalue weighted by molar-refractivity contribution is -0.0514. The van der Waals surface area contributed by atoms with Gasteiger partial charge in [-0.3, -0.25) is 0 Å². The lowest BCUT2D eigenvalue weighted by atomic mass is 10.2. The maximum absolute atomic E-state index is 12.4. The van der Waals surface area contributed by atoms with Gasteiger partial charge in [-0.15, -0.1) is 0 Å². The Balaban J connectivity index is 2.96. The van der Waals surface area contributed by atoms with Gasteiger partial charge >= 0.3 is 6.61 Å². The highest BCUT2D eigenvalue weighted by molar-refractivity contribution is 5.79. The van der Waals surface area contributed by atoms with Crippen molar-refractivity contribution in [1.82, 2.24) is 9.80 Å². The van der Waals surface area contributed by atoms with Gasteiger partial charge in [0.1, 0.15) is 0 Å². The molecule has 1 aromatic rings. The molecule has 124 valence electrons. The van der Waals surface area contributed by atoms with Gasteiger partial charge in [-0.25, -0.2) is 4.99 Å². The summed E-state index contributed by atoms with van der Waals surface area (Å²) in [6.07, 6.45) is 0. The third kappa shape index (κ3) is 5.38. The largest absolute Gasteiger partial charge is 0.490 e. The van der Waals surface area contributed by atoms with E-state index in [0.717, 1.165) is 11.5 Å². The summed E-state index contributed by atoms with van der Waals surface area (Å²) in [7, 11) is 7.63. The van der Waals surface area contributed by atoms with E-state index >= 15 is 0 Å². The molecule has 0 saturated carbocycles. The first-order chi connectivity index (χ1) is 10.3. The Kier molecular flexibility index (Phi) is 6.88. The highest BCUT2D eigenvalue weighted by Crippen LogP contribution is 2.30. The average molecular weight is 315 g/mol. The topological polar surface area (TPSA) is 37.3 Å². The molecule has 7 heteroatoms. The minimum absolute atomic E-state index is 0.0324. The smallest absolute Gasteiger partial charge is 0.387 e. The Hall–Kier alpha value is -2.05. The molecule has 0 heterocycles. The Bertz CT molecular complexity index is 496. The van der Waals surface area contributed by atoms with E-state index in [0.29, 0.717) is 18.9 Å². The number of hydrogen-bond donors (Lipinski definition) is 0. The molecule has 0 radical (unpaired) electrons. The van der Waals surface area contributed by atoms with E-state index in [-0.39, 0.29) is 5.75 Å². The highest BCUT2D eigenvalue weighted by Gasteiger charge is 2.12. The highest BCUT2D eigenvalue weighted by atomic mass is 19.3. The van der Waals surface area contributed by atoms with Gasteiger partial charge in [0, 0.05) is 28.2 Å². The molecular formula is C15H23F2N3O2. The zero-order valence-electron chi connectivity index (χ0n) is 13.6. The van der Waals surface area contributed by atoms with E-state index in [1.54, 1.807) is 19.1 Å². The van der Waals surface area contributed by atoms with Gasteiger partial charge in [-0.2, -0.15) is 8.78 Å². The standard InChI is InChI=1S/C15H23F2N3O2/c1-6-21-13-9-11(7-8-12(13)22-14(16)17)10-18-15(19(2)3)20(4)5/h7-9,14H,6,10H2,1-5H3. The van der Waals surface area contributed by atoms with E-state index in [1.165, 1.54) is 6.07 Å². The number of aliphatic imine (C=N–C) groups is 1. The number of hydrogen-bond acceptors (Lipinski definition) is 3. The fraction of sp³-hybridized carbons (Fsp3) is 0.533. The summed E-state index contributed by atoms with van der Waals surface area (Å²) in [4.78, 5) is 8.31. The van der Waals surface area contributed by atoms with Gasteiger partial charge in [0.05, 0.1) is 13.2 Å². The van der Waals surface area contributed by atoms with Crippen LogP contribution < -0.4 is 9.47 Å². The lowest BCUT2D eigenvalue weighted by Gasteiger charge is -2.22. The molecule has 5 nitrogen and oxygen atoms in total. The number of halogens is 2. The van der Waals surface area contributed by atoms with Crippen molar-refractivity contribution in [2.45, 2.75) is 20.1 Å². The van der Waals surface area contributed by atoms with Crippen LogP contribution in [0.2, 0.25) is 0 Å². The normalized spacial score (nSPS) is 10.4. The van der Waals surface area contributed by atoms with Crippen molar-refractivity contribution in [3.63, 3.8) is 0 Å². The third-order valence-electron chi connectivity index (χ3n) is 2.73. The zero-order chi connectivity index (χ0) is 16.7. The number of nitrogens with zero attached hydrogens (tertiary/aromatic N) is 3. The van der Waals surface area contributed by atoms with Gasteiger partial charge in [-0.05, 0) is 24.6 Å². The number of guanidine groups is 1. The molecule has 0 spiro atoms. The summed E-state index contributed by atoms with van der Waals surface area (Å²) in [5, 5.41) is 0. The van der Waals surface area contributed by atoms with Crippen molar-refractivity contribution >= 4 is 5.96 Å². The van der Waals surface area contributed by atoms with Gasteiger partial charge in [0.15, 0.2) is 17.5 Å². The predicted octanol–water partition coefficient (Wildman–Crippen LogP) is 2.67. The number of benzene rings is 1. The van der Waals surface area contributed by atoms with Crippen LogP contribution in [0.5, 0.6) is 11.5 Å². The Morgan fingerprint density at radius 2 is 1.77 bits per heavy atom. The molecule has 1 rings (SSSR count). The van der Waals surface area contributed by atoms with Crippen LogP contribution in [0, 0.1) is 0 Å². The molecule has 0 fully saturated rings. The number of alkyl halides is 2. The SMILES string of the molecule is CCOc1cc(CN=C(N(C)C)N(C)C)ccc1OC(F)F. The van der Waals surface area contributed by atoms with Crippen LogP contribution in [0.3, 0.4) is 0 Å². The van der Waals surface area contributed by atoms with Crippen LogP contribution >= 0.6 is 0 Å². The molecule has 0 amide bonds. The maximum Gasteiger partial charge on any atom is 0.387 e. The van der Waals surface area contributed by atoms with Crippen LogP contribution in [0.25, 0.3) is 0 Å². The molecule has 0 aliphatic carbocycles. The Labute approximate surface area is 130 Å². The van der Waals surface area contributed by atoms with Crippen molar-refractivity contribution in [3.05, 3.63) is 23.8 Å². The monoisotopic (exact) mass is 315 g/mol. The summed E-state index contributed by atoms with van der Waals surface area (Å²) in [6.45, 7) is -0.307. The summed E-state index contributed by atoms with van der Waals surface area (Å²) in [5.41, 5.74) is 0.853. The average Bonchev–Trinajstić information content (AvgIpc) is 2.40. The molecule has 0 aliphatic heterocycles. The predicted molar refractivity (Wildman–Crippen MR) is 82.8 cm³/mol. The van der Waals surface area contributed by atoms with Gasteiger partial charge in [0.2, 0.25) is 0 Å². The molecule has 22 heavy (non-hydrogen) atoms.